The third-order valence-corrected chi connectivity index (χ3v) is 3.65. The molecule has 0 unspecified atom stereocenters. The molecule has 134 valence electrons. The van der Waals surface area contributed by atoms with E-state index in [0.29, 0.717) is 11.1 Å². The standard InChI is InChI=1S/C20H19FN2O3/c1-20(2,3)26-19(25)22-23-17(13-7-5-4-6-8-13)11-14-9-10-15(21)12-16(14)18(23)24/h4-12H,1-3H3,(H,22,25). The van der Waals surface area contributed by atoms with E-state index in [2.05, 4.69) is 5.43 Å². The van der Waals surface area contributed by atoms with E-state index in [1.807, 2.05) is 30.3 Å². The van der Waals surface area contributed by atoms with E-state index in [-0.39, 0.29) is 5.39 Å². The van der Waals surface area contributed by atoms with Crippen LogP contribution >= 0.6 is 0 Å². The van der Waals surface area contributed by atoms with Gasteiger partial charge in [-0.05, 0) is 44.4 Å². The van der Waals surface area contributed by atoms with Crippen molar-refractivity contribution in [2.45, 2.75) is 26.4 Å². The van der Waals surface area contributed by atoms with Gasteiger partial charge in [-0.3, -0.25) is 4.79 Å². The lowest BCUT2D eigenvalue weighted by atomic mass is 10.1. The molecule has 0 spiro atoms. The van der Waals surface area contributed by atoms with Crippen LogP contribution in [0.1, 0.15) is 20.8 Å². The fraction of sp³-hybridized carbons (Fsp3) is 0.200. The maximum absolute atomic E-state index is 13.6. The Hall–Kier alpha value is -3.15. The van der Waals surface area contributed by atoms with Gasteiger partial charge in [0, 0.05) is 5.56 Å². The molecule has 0 fully saturated rings. The van der Waals surface area contributed by atoms with Gasteiger partial charge in [0.05, 0.1) is 11.1 Å². The summed E-state index contributed by atoms with van der Waals surface area (Å²) in [5.74, 6) is -0.522. The van der Waals surface area contributed by atoms with Gasteiger partial charge in [-0.2, -0.15) is 0 Å². The maximum Gasteiger partial charge on any atom is 0.427 e. The van der Waals surface area contributed by atoms with Crippen molar-refractivity contribution in [1.29, 1.82) is 0 Å². The fourth-order valence-corrected chi connectivity index (χ4v) is 2.61. The van der Waals surface area contributed by atoms with E-state index in [9.17, 15) is 14.0 Å². The highest BCUT2D eigenvalue weighted by Crippen LogP contribution is 2.22. The highest BCUT2D eigenvalue weighted by Gasteiger charge is 2.19. The van der Waals surface area contributed by atoms with Gasteiger partial charge in [0.15, 0.2) is 0 Å². The van der Waals surface area contributed by atoms with Crippen LogP contribution in [0.3, 0.4) is 0 Å². The lowest BCUT2D eigenvalue weighted by molar-refractivity contribution is 0.0613. The molecule has 1 amide bonds. The van der Waals surface area contributed by atoms with Crippen molar-refractivity contribution in [3.8, 4) is 11.3 Å². The average Bonchev–Trinajstić information content (AvgIpc) is 2.57. The molecule has 5 nitrogen and oxygen atoms in total. The molecular formula is C20H19FN2O3. The van der Waals surface area contributed by atoms with Crippen molar-refractivity contribution in [3.63, 3.8) is 0 Å². The van der Waals surface area contributed by atoms with Gasteiger partial charge in [-0.25, -0.2) is 19.3 Å². The Labute approximate surface area is 150 Å². The molecule has 0 aliphatic rings. The van der Waals surface area contributed by atoms with E-state index < -0.39 is 23.1 Å². The van der Waals surface area contributed by atoms with Crippen LogP contribution in [0, 0.1) is 5.82 Å². The smallest absolute Gasteiger partial charge is 0.427 e. The minimum atomic E-state index is -0.771. The number of halogens is 1. The summed E-state index contributed by atoms with van der Waals surface area (Å²) in [6, 6.07) is 14.8. The summed E-state index contributed by atoms with van der Waals surface area (Å²) in [7, 11) is 0. The SMILES string of the molecule is CC(C)(C)OC(=O)Nn1c(-c2ccccc2)cc2ccc(F)cc2c1=O. The molecule has 26 heavy (non-hydrogen) atoms. The van der Waals surface area contributed by atoms with Crippen molar-refractivity contribution in [1.82, 2.24) is 4.68 Å². The highest BCUT2D eigenvalue weighted by molar-refractivity contribution is 5.87. The van der Waals surface area contributed by atoms with Crippen molar-refractivity contribution in [3.05, 3.63) is 70.8 Å². The summed E-state index contributed by atoms with van der Waals surface area (Å²) in [6.45, 7) is 5.18. The number of amides is 1. The lowest BCUT2D eigenvalue weighted by Crippen LogP contribution is -2.37. The zero-order valence-electron chi connectivity index (χ0n) is 14.7. The third kappa shape index (κ3) is 3.74. The normalized spacial score (nSPS) is 11.4. The predicted octanol–water partition coefficient (Wildman–Crippen LogP) is 4.29. The largest absolute Gasteiger partial charge is 0.443 e. The number of nitrogens with one attached hydrogen (secondary N) is 1. The Morgan fingerprint density at radius 3 is 2.42 bits per heavy atom. The van der Waals surface area contributed by atoms with Crippen molar-refractivity contribution >= 4 is 16.9 Å². The molecule has 0 bridgehead atoms. The quantitative estimate of drug-likeness (QED) is 0.747. The molecule has 0 saturated heterocycles. The number of benzene rings is 2. The van der Waals surface area contributed by atoms with Crippen LogP contribution in [0.15, 0.2) is 59.4 Å². The first-order valence-corrected chi connectivity index (χ1v) is 8.15. The van der Waals surface area contributed by atoms with Crippen molar-refractivity contribution in [2.24, 2.45) is 0 Å². The number of hydrogen-bond donors (Lipinski definition) is 1. The number of pyridine rings is 1. The van der Waals surface area contributed by atoms with E-state index in [0.717, 1.165) is 16.3 Å². The molecule has 0 saturated carbocycles. The number of ether oxygens (including phenoxy) is 1. The molecular weight excluding hydrogens is 335 g/mol. The first-order chi connectivity index (χ1) is 12.2. The van der Waals surface area contributed by atoms with Crippen molar-refractivity contribution < 1.29 is 13.9 Å². The van der Waals surface area contributed by atoms with Gasteiger partial charge in [0.25, 0.3) is 5.56 Å². The van der Waals surface area contributed by atoms with Gasteiger partial charge in [0.2, 0.25) is 0 Å². The minimum absolute atomic E-state index is 0.167. The molecule has 0 aliphatic carbocycles. The first-order valence-electron chi connectivity index (χ1n) is 8.15. The molecule has 3 aromatic rings. The van der Waals surface area contributed by atoms with Crippen molar-refractivity contribution in [2.75, 3.05) is 5.43 Å². The number of fused-ring (bicyclic) bond motifs is 1. The minimum Gasteiger partial charge on any atom is -0.443 e. The van der Waals surface area contributed by atoms with Crippen LogP contribution in [0.25, 0.3) is 22.0 Å². The lowest BCUT2D eigenvalue weighted by Gasteiger charge is -2.21. The molecule has 0 atom stereocenters. The van der Waals surface area contributed by atoms with E-state index in [1.165, 1.54) is 12.1 Å². The van der Waals surface area contributed by atoms with Crippen LogP contribution in [-0.2, 0) is 4.74 Å². The predicted molar refractivity (Wildman–Crippen MR) is 99.2 cm³/mol. The highest BCUT2D eigenvalue weighted by atomic mass is 19.1. The van der Waals surface area contributed by atoms with Crippen LogP contribution in [-0.4, -0.2) is 16.4 Å². The van der Waals surface area contributed by atoms with Crippen LogP contribution in [0.4, 0.5) is 9.18 Å². The molecule has 0 aliphatic heterocycles. The number of hydrogen-bond acceptors (Lipinski definition) is 3. The second-order valence-electron chi connectivity index (χ2n) is 6.88. The molecule has 1 aromatic heterocycles. The van der Waals surface area contributed by atoms with E-state index >= 15 is 0 Å². The van der Waals surface area contributed by atoms with Crippen LogP contribution < -0.4 is 11.0 Å². The summed E-state index contributed by atoms with van der Waals surface area (Å²) in [4.78, 5) is 25.1. The molecule has 0 radical (unpaired) electrons. The number of carbonyl (C=O) groups is 1. The van der Waals surface area contributed by atoms with Gasteiger partial charge < -0.3 is 4.74 Å². The number of rotatable bonds is 2. The van der Waals surface area contributed by atoms with Gasteiger partial charge in [-0.15, -0.1) is 0 Å². The van der Waals surface area contributed by atoms with Gasteiger partial charge in [-0.1, -0.05) is 36.4 Å². The Kier molecular flexibility index (Phi) is 4.50. The summed E-state index contributed by atoms with van der Waals surface area (Å²) in [5.41, 5.74) is 2.41. The Balaban J connectivity index is 2.19. The Morgan fingerprint density at radius 1 is 1.08 bits per heavy atom. The fourth-order valence-electron chi connectivity index (χ4n) is 2.61. The van der Waals surface area contributed by atoms with E-state index in [1.54, 1.807) is 26.8 Å². The summed E-state index contributed by atoms with van der Waals surface area (Å²) in [6.07, 6.45) is -0.771. The molecule has 3 rings (SSSR count). The Bertz CT molecular complexity index is 1020. The average molecular weight is 354 g/mol. The van der Waals surface area contributed by atoms with Crippen LogP contribution in [0.5, 0.6) is 0 Å². The summed E-state index contributed by atoms with van der Waals surface area (Å²) in [5, 5.41) is 0.748. The number of carbonyl (C=O) groups excluding carboxylic acids is 1. The topological polar surface area (TPSA) is 60.3 Å². The molecule has 1 heterocycles. The summed E-state index contributed by atoms with van der Waals surface area (Å²) < 4.78 is 19.9. The van der Waals surface area contributed by atoms with Gasteiger partial charge >= 0.3 is 6.09 Å². The zero-order chi connectivity index (χ0) is 18.9. The molecule has 6 heteroatoms. The third-order valence-electron chi connectivity index (χ3n) is 3.65. The second-order valence-corrected chi connectivity index (χ2v) is 6.88. The number of nitrogens with zero attached hydrogens (tertiary/aromatic N) is 1. The first kappa shape index (κ1) is 17.7. The summed E-state index contributed by atoms with van der Waals surface area (Å²) >= 11 is 0. The van der Waals surface area contributed by atoms with Crippen LogP contribution in [0.2, 0.25) is 0 Å². The maximum atomic E-state index is 13.6. The zero-order valence-corrected chi connectivity index (χ0v) is 14.7. The molecule has 1 N–H and O–H groups in total. The van der Waals surface area contributed by atoms with Gasteiger partial charge in [0.1, 0.15) is 11.4 Å². The van der Waals surface area contributed by atoms with E-state index in [4.69, 9.17) is 4.74 Å². The number of aromatic nitrogens is 1. The molecule has 2 aromatic carbocycles. The second kappa shape index (κ2) is 6.63. The monoisotopic (exact) mass is 354 g/mol. The Morgan fingerprint density at radius 2 is 1.77 bits per heavy atom.